The lowest BCUT2D eigenvalue weighted by molar-refractivity contribution is 1.21. The second kappa shape index (κ2) is 5.68. The van der Waals surface area contributed by atoms with E-state index in [1.807, 2.05) is 0 Å². The highest BCUT2D eigenvalue weighted by atomic mass is 79.9. The molecule has 0 amide bonds. The maximum atomic E-state index is 3.84. The second-order valence-corrected chi connectivity index (χ2v) is 8.88. The third-order valence-corrected chi connectivity index (χ3v) is 6.42. The number of halogens is 3. The van der Waals surface area contributed by atoms with Crippen LogP contribution < -0.4 is 0 Å². The Bertz CT molecular complexity index is 728. The van der Waals surface area contributed by atoms with E-state index in [0.717, 1.165) is 7.57 Å². The normalized spacial score (nSPS) is 12.8. The summed E-state index contributed by atoms with van der Waals surface area (Å²) in [7, 11) is 0. The summed E-state index contributed by atoms with van der Waals surface area (Å²) in [5.74, 6) is 0. The van der Waals surface area contributed by atoms with E-state index in [-0.39, 0.29) is 4.83 Å². The lowest BCUT2D eigenvalue weighted by Gasteiger charge is -2.12. The lowest BCUT2D eigenvalue weighted by atomic mass is 10.00. The Morgan fingerprint density at radius 1 is 0.895 bits per heavy atom. The first-order valence-corrected chi connectivity index (χ1v) is 9.05. The van der Waals surface area contributed by atoms with Crippen LogP contribution in [0.25, 0.3) is 10.8 Å². The van der Waals surface area contributed by atoms with Crippen molar-refractivity contribution < 1.29 is 0 Å². The van der Waals surface area contributed by atoms with Crippen molar-refractivity contribution in [3.63, 3.8) is 0 Å². The van der Waals surface area contributed by atoms with Gasteiger partial charge in [-0.1, -0.05) is 58.4 Å². The van der Waals surface area contributed by atoms with Gasteiger partial charge in [0.2, 0.25) is 0 Å². The highest BCUT2D eigenvalue weighted by molar-refractivity contribution is 9.12. The highest BCUT2D eigenvalue weighted by Crippen LogP contribution is 2.43. The zero-order valence-electron chi connectivity index (χ0n) is 9.74. The van der Waals surface area contributed by atoms with Gasteiger partial charge in [-0.3, -0.25) is 0 Å². The number of rotatable bonds is 2. The fourth-order valence-corrected chi connectivity index (χ4v) is 6.29. The summed E-state index contributed by atoms with van der Waals surface area (Å²) in [5, 5.41) is 2.57. The molecule has 0 radical (unpaired) electrons. The molecular formula is C15H9Br3S. The van der Waals surface area contributed by atoms with Crippen molar-refractivity contribution in [3.8, 4) is 0 Å². The molecule has 1 aromatic heterocycles. The predicted octanol–water partition coefficient (Wildman–Crippen LogP) is 6.91. The molecule has 3 rings (SSSR count). The van der Waals surface area contributed by atoms with Gasteiger partial charge in [0.1, 0.15) is 0 Å². The molecule has 0 aliphatic heterocycles. The minimum Gasteiger partial charge on any atom is -0.121 e. The number of thiophene rings is 1. The Labute approximate surface area is 141 Å². The van der Waals surface area contributed by atoms with Crippen molar-refractivity contribution in [1.29, 1.82) is 0 Å². The van der Waals surface area contributed by atoms with Crippen LogP contribution >= 0.6 is 59.1 Å². The monoisotopic (exact) mass is 458 g/mol. The first-order chi connectivity index (χ1) is 9.16. The van der Waals surface area contributed by atoms with Crippen molar-refractivity contribution in [2.75, 3.05) is 0 Å². The van der Waals surface area contributed by atoms with Gasteiger partial charge in [0.25, 0.3) is 0 Å². The van der Waals surface area contributed by atoms with Crippen LogP contribution in [0.1, 0.15) is 16.0 Å². The predicted molar refractivity (Wildman–Crippen MR) is 94.4 cm³/mol. The van der Waals surface area contributed by atoms with Crippen LogP contribution in [-0.2, 0) is 0 Å². The molecular weight excluding hydrogens is 452 g/mol. The molecule has 0 nitrogen and oxygen atoms in total. The molecule has 2 aromatic carbocycles. The molecule has 4 heteroatoms. The van der Waals surface area contributed by atoms with Crippen molar-refractivity contribution in [2.24, 2.45) is 0 Å². The Hall–Kier alpha value is -0.160. The number of hydrogen-bond acceptors (Lipinski definition) is 1. The quantitative estimate of drug-likeness (QED) is 0.364. The van der Waals surface area contributed by atoms with Gasteiger partial charge in [0.05, 0.1) is 12.4 Å². The van der Waals surface area contributed by atoms with Crippen LogP contribution in [0.15, 0.2) is 56.1 Å². The van der Waals surface area contributed by atoms with Crippen LogP contribution in [0.5, 0.6) is 0 Å². The molecule has 0 saturated carbocycles. The second-order valence-electron chi connectivity index (χ2n) is 4.21. The summed E-state index contributed by atoms with van der Waals surface area (Å²) < 4.78 is 2.30. The van der Waals surface area contributed by atoms with Gasteiger partial charge in [-0.05, 0) is 59.8 Å². The minimum absolute atomic E-state index is 0.190. The largest absolute Gasteiger partial charge is 0.121 e. The lowest BCUT2D eigenvalue weighted by Crippen LogP contribution is -1.93. The Kier molecular flexibility index (Phi) is 4.13. The summed E-state index contributed by atoms with van der Waals surface area (Å²) >= 11 is 12.7. The van der Waals surface area contributed by atoms with Crippen LogP contribution in [0.3, 0.4) is 0 Å². The first-order valence-electron chi connectivity index (χ1n) is 5.73. The molecule has 96 valence electrons. The van der Waals surface area contributed by atoms with E-state index in [4.69, 9.17) is 0 Å². The van der Waals surface area contributed by atoms with E-state index < -0.39 is 0 Å². The van der Waals surface area contributed by atoms with E-state index in [9.17, 15) is 0 Å². The summed E-state index contributed by atoms with van der Waals surface area (Å²) in [4.78, 5) is 0.190. The summed E-state index contributed by atoms with van der Waals surface area (Å²) in [5.41, 5.74) is 2.55. The third-order valence-electron chi connectivity index (χ3n) is 3.05. The average molecular weight is 461 g/mol. The van der Waals surface area contributed by atoms with Gasteiger partial charge < -0.3 is 0 Å². The number of hydrogen-bond donors (Lipinski definition) is 0. The topological polar surface area (TPSA) is 0 Å². The Morgan fingerprint density at radius 2 is 1.63 bits per heavy atom. The van der Waals surface area contributed by atoms with Crippen LogP contribution in [0.2, 0.25) is 0 Å². The fourth-order valence-electron chi connectivity index (χ4n) is 2.16. The summed E-state index contributed by atoms with van der Waals surface area (Å²) in [6.45, 7) is 0. The van der Waals surface area contributed by atoms with Crippen molar-refractivity contribution >= 4 is 69.9 Å². The van der Waals surface area contributed by atoms with E-state index in [0.29, 0.717) is 0 Å². The Balaban J connectivity index is 2.16. The highest BCUT2D eigenvalue weighted by Gasteiger charge is 2.18. The van der Waals surface area contributed by atoms with Gasteiger partial charge in [-0.2, -0.15) is 0 Å². The molecule has 1 unspecified atom stereocenters. The third kappa shape index (κ3) is 2.68. The van der Waals surface area contributed by atoms with Gasteiger partial charge in [0.15, 0.2) is 0 Å². The first kappa shape index (κ1) is 13.8. The molecule has 0 spiro atoms. The van der Waals surface area contributed by atoms with Crippen molar-refractivity contribution in [2.45, 2.75) is 4.83 Å². The van der Waals surface area contributed by atoms with E-state index in [2.05, 4.69) is 96.3 Å². The molecule has 19 heavy (non-hydrogen) atoms. The van der Waals surface area contributed by atoms with E-state index >= 15 is 0 Å². The molecule has 0 saturated heterocycles. The molecule has 0 fully saturated rings. The van der Waals surface area contributed by atoms with Gasteiger partial charge >= 0.3 is 0 Å². The maximum Gasteiger partial charge on any atom is 0.0757 e. The van der Waals surface area contributed by atoms with Crippen molar-refractivity contribution in [3.05, 3.63) is 67.2 Å². The zero-order chi connectivity index (χ0) is 13.4. The molecule has 0 aliphatic rings. The van der Waals surface area contributed by atoms with Crippen LogP contribution in [0, 0.1) is 0 Å². The van der Waals surface area contributed by atoms with Gasteiger partial charge in [-0.15, -0.1) is 11.3 Å². The standard InChI is InChI=1S/C15H9Br3S/c16-13-8-12(15(18)19-13)14(17)11-7-3-5-9-4-1-2-6-10(9)11/h1-8,14H. The molecule has 1 heterocycles. The minimum atomic E-state index is 0.190. The summed E-state index contributed by atoms with van der Waals surface area (Å²) in [6, 6.07) is 17.1. The number of fused-ring (bicyclic) bond motifs is 1. The SMILES string of the molecule is Brc1cc(C(Br)c2cccc3ccccc23)c(Br)s1. The summed E-state index contributed by atoms with van der Waals surface area (Å²) in [6.07, 6.45) is 0. The molecule has 1 atom stereocenters. The molecule has 0 bridgehead atoms. The smallest absolute Gasteiger partial charge is 0.0757 e. The molecule has 0 aliphatic carbocycles. The Morgan fingerprint density at radius 3 is 2.37 bits per heavy atom. The van der Waals surface area contributed by atoms with Gasteiger partial charge in [0, 0.05) is 0 Å². The van der Waals surface area contributed by atoms with Gasteiger partial charge in [-0.25, -0.2) is 0 Å². The zero-order valence-corrected chi connectivity index (χ0v) is 15.3. The fraction of sp³-hybridized carbons (Fsp3) is 0.0667. The maximum absolute atomic E-state index is 3.84. The molecule has 3 aromatic rings. The van der Waals surface area contributed by atoms with E-state index in [1.165, 1.54) is 21.9 Å². The number of alkyl halides is 1. The number of benzene rings is 2. The van der Waals surface area contributed by atoms with E-state index in [1.54, 1.807) is 11.3 Å². The van der Waals surface area contributed by atoms with Crippen molar-refractivity contribution in [1.82, 2.24) is 0 Å². The average Bonchev–Trinajstić information content (AvgIpc) is 2.76. The van der Waals surface area contributed by atoms with Crippen LogP contribution in [0.4, 0.5) is 0 Å². The van der Waals surface area contributed by atoms with Crippen LogP contribution in [-0.4, -0.2) is 0 Å². The molecule has 0 N–H and O–H groups in total.